The summed E-state index contributed by atoms with van der Waals surface area (Å²) >= 11 is 0. The van der Waals surface area contributed by atoms with E-state index in [1.54, 1.807) is 0 Å². The van der Waals surface area contributed by atoms with E-state index in [0.29, 0.717) is 24.1 Å². The maximum atomic E-state index is 12.8. The van der Waals surface area contributed by atoms with Gasteiger partial charge in [-0.05, 0) is 109 Å². The van der Waals surface area contributed by atoms with Crippen LogP contribution in [0.4, 0.5) is 0 Å². The fourth-order valence-electron chi connectivity index (χ4n) is 6.64. The monoisotopic (exact) mass is 979 g/mol. The van der Waals surface area contributed by atoms with Crippen LogP contribution in [-0.4, -0.2) is 75.6 Å². The molecule has 0 aliphatic heterocycles. The van der Waals surface area contributed by atoms with E-state index in [0.717, 1.165) is 103 Å². The van der Waals surface area contributed by atoms with E-state index in [1.807, 2.05) is 21.1 Å². The highest BCUT2D eigenvalue weighted by Gasteiger charge is 2.26. The molecule has 0 aromatic rings. The number of unbranched alkanes of at least 4 members (excludes halogenated alkanes) is 12. The van der Waals surface area contributed by atoms with Crippen molar-refractivity contribution in [2.24, 2.45) is 0 Å². The fourth-order valence-corrected chi connectivity index (χ4v) is 7.38. The normalized spacial score (nSPS) is 14.6. The van der Waals surface area contributed by atoms with Crippen LogP contribution in [0, 0.1) is 0 Å². The number of quaternary nitrogens is 1. The van der Waals surface area contributed by atoms with Gasteiger partial charge in [-0.3, -0.25) is 13.8 Å². The molecule has 0 aromatic carbocycles. The van der Waals surface area contributed by atoms with Gasteiger partial charge in [0.1, 0.15) is 19.3 Å². The van der Waals surface area contributed by atoms with Crippen LogP contribution in [-0.2, 0) is 27.9 Å². The smallest absolute Gasteiger partial charge is 0.457 e. The average Bonchev–Trinajstić information content (AvgIpc) is 3.31. The summed E-state index contributed by atoms with van der Waals surface area (Å²) < 4.78 is 35.2. The predicted molar refractivity (Wildman–Crippen MR) is 297 cm³/mol. The number of ether oxygens (including phenoxy) is 2. The highest BCUT2D eigenvalue weighted by Crippen LogP contribution is 2.43. The van der Waals surface area contributed by atoms with E-state index in [4.69, 9.17) is 18.5 Å². The summed E-state index contributed by atoms with van der Waals surface area (Å²) in [7, 11) is 1.62. The number of carbonyl (C=O) groups excluding carboxylic acids is 1. The SMILES string of the molecule is CC/C=C\C/C=C\C/C=C\C/C=C\C/C=C\C/C=C\C/C=C\CCCCCC(=O)OC(COCCCCCCCCCCC/C=C\C/C=C\C/C=C\C/C=C\CC)COP(=O)(O)OCC[N+](C)(C)C. The van der Waals surface area contributed by atoms with Crippen molar-refractivity contribution in [3.63, 3.8) is 0 Å². The minimum absolute atomic E-state index is 0.0720. The fraction of sp³-hybridized carbons (Fsp3) is 0.617. The first-order valence-electron chi connectivity index (χ1n) is 26.9. The molecule has 392 valence electrons. The molecule has 0 rings (SSSR count). The van der Waals surface area contributed by atoms with Gasteiger partial charge in [-0.25, -0.2) is 4.57 Å². The first-order valence-corrected chi connectivity index (χ1v) is 28.4. The zero-order chi connectivity index (χ0) is 50.5. The number of phosphoric ester groups is 1. The van der Waals surface area contributed by atoms with Crippen molar-refractivity contribution < 1.29 is 37.3 Å². The molecule has 0 aliphatic carbocycles. The number of carbonyl (C=O) groups is 1. The van der Waals surface area contributed by atoms with Crippen LogP contribution in [0.15, 0.2) is 134 Å². The lowest BCUT2D eigenvalue weighted by Crippen LogP contribution is -2.37. The number of rotatable bonds is 48. The van der Waals surface area contributed by atoms with Gasteiger partial charge >= 0.3 is 13.8 Å². The highest BCUT2D eigenvalue weighted by molar-refractivity contribution is 7.47. The molecule has 0 spiro atoms. The second-order valence-corrected chi connectivity index (χ2v) is 19.9. The zero-order valence-electron chi connectivity index (χ0n) is 44.5. The Labute approximate surface area is 424 Å². The van der Waals surface area contributed by atoms with Crippen LogP contribution in [0.5, 0.6) is 0 Å². The van der Waals surface area contributed by atoms with Crippen molar-refractivity contribution in [3.05, 3.63) is 134 Å². The minimum atomic E-state index is -4.31. The molecule has 9 heteroatoms. The molecule has 1 N–H and O–H groups in total. The zero-order valence-corrected chi connectivity index (χ0v) is 45.4. The number of likely N-dealkylation sites (N-methyl/N-ethyl adjacent to an activating group) is 1. The van der Waals surface area contributed by atoms with Crippen LogP contribution in [0.3, 0.4) is 0 Å². The summed E-state index contributed by atoms with van der Waals surface area (Å²) in [5, 5.41) is 0. The van der Waals surface area contributed by atoms with E-state index in [2.05, 4.69) is 148 Å². The number of esters is 1. The van der Waals surface area contributed by atoms with Gasteiger partial charge in [0.25, 0.3) is 0 Å². The molecule has 0 saturated carbocycles. The Kier molecular flexibility index (Phi) is 48.5. The molecular weight excluding hydrogens is 878 g/mol. The average molecular weight is 979 g/mol. The second-order valence-electron chi connectivity index (χ2n) is 18.5. The van der Waals surface area contributed by atoms with E-state index in [9.17, 15) is 14.3 Å². The van der Waals surface area contributed by atoms with E-state index in [-0.39, 0.29) is 32.2 Å². The number of hydrogen-bond donors (Lipinski definition) is 1. The Bertz CT molecular complexity index is 1560. The Hall–Kier alpha value is -3.36. The standard InChI is InChI=1S/C60H100NO7P/c1-6-8-10-12-14-16-18-20-22-24-26-28-30-31-32-33-35-37-39-41-43-45-47-49-51-53-60(62)68-59(58-67-69(63,64)66-56-54-61(3,4)5)57-65-55-52-50-48-46-44-42-40-38-36-34-29-27-25-23-21-19-17-15-13-11-9-7-2/h8-11,14-17,20-23,26-29,31-32,35,37,41,43,59H,6-7,12-13,18-19,24-25,30,33-34,36,38-40,42,44-58H2,1-5H3/p+1/b10-8-,11-9-,16-14-,17-15-,22-20-,23-21-,28-26-,29-27-,32-31-,37-35-,43-41-. The molecule has 0 radical (unpaired) electrons. The molecule has 0 aliphatic rings. The van der Waals surface area contributed by atoms with Crippen LogP contribution < -0.4 is 0 Å². The van der Waals surface area contributed by atoms with Crippen LogP contribution >= 0.6 is 7.82 Å². The number of hydrogen-bond acceptors (Lipinski definition) is 6. The summed E-state index contributed by atoms with van der Waals surface area (Å²) in [6.07, 6.45) is 75.0. The molecule has 2 atom stereocenters. The molecule has 0 amide bonds. The molecule has 8 nitrogen and oxygen atoms in total. The van der Waals surface area contributed by atoms with Gasteiger partial charge in [-0.1, -0.05) is 199 Å². The maximum Gasteiger partial charge on any atom is 0.472 e. The number of phosphoric acid groups is 1. The van der Waals surface area contributed by atoms with E-state index in [1.165, 1.54) is 51.4 Å². The second kappa shape index (κ2) is 51.0. The van der Waals surface area contributed by atoms with Crippen LogP contribution in [0.25, 0.3) is 0 Å². The number of allylic oxidation sites excluding steroid dienone is 22. The van der Waals surface area contributed by atoms with Gasteiger partial charge in [0, 0.05) is 13.0 Å². The summed E-state index contributed by atoms with van der Waals surface area (Å²) in [6.45, 7) is 5.30. The largest absolute Gasteiger partial charge is 0.472 e. The summed E-state index contributed by atoms with van der Waals surface area (Å²) in [5.41, 5.74) is 0. The molecule has 0 saturated heterocycles. The van der Waals surface area contributed by atoms with Crippen LogP contribution in [0.1, 0.15) is 181 Å². The molecule has 2 unspecified atom stereocenters. The lowest BCUT2D eigenvalue weighted by atomic mass is 10.1. The molecule has 0 heterocycles. The lowest BCUT2D eigenvalue weighted by molar-refractivity contribution is -0.870. The van der Waals surface area contributed by atoms with Crippen molar-refractivity contribution in [1.82, 2.24) is 0 Å². The Morgan fingerprint density at radius 1 is 0.449 bits per heavy atom. The van der Waals surface area contributed by atoms with Crippen molar-refractivity contribution >= 4 is 13.8 Å². The summed E-state index contributed by atoms with van der Waals surface area (Å²) in [4.78, 5) is 23.0. The molecule has 0 bridgehead atoms. The van der Waals surface area contributed by atoms with Gasteiger partial charge in [0.15, 0.2) is 0 Å². The molecule has 0 aromatic heterocycles. The van der Waals surface area contributed by atoms with Crippen LogP contribution in [0.2, 0.25) is 0 Å². The van der Waals surface area contributed by atoms with Gasteiger partial charge in [0.2, 0.25) is 0 Å². The first kappa shape index (κ1) is 65.6. The first-order chi connectivity index (χ1) is 33.6. The number of nitrogens with zero attached hydrogens (tertiary/aromatic N) is 1. The predicted octanol–water partition coefficient (Wildman–Crippen LogP) is 17.1. The quantitative estimate of drug-likeness (QED) is 0.0213. The topological polar surface area (TPSA) is 91.3 Å². The maximum absolute atomic E-state index is 12.8. The van der Waals surface area contributed by atoms with E-state index < -0.39 is 13.9 Å². The molecular formula is C60H101NO7P+. The van der Waals surface area contributed by atoms with Crippen molar-refractivity contribution in [2.75, 3.05) is 54.1 Å². The van der Waals surface area contributed by atoms with Gasteiger partial charge in [0.05, 0.1) is 34.4 Å². The van der Waals surface area contributed by atoms with Gasteiger partial charge < -0.3 is 18.9 Å². The molecule has 69 heavy (non-hydrogen) atoms. The van der Waals surface area contributed by atoms with E-state index >= 15 is 0 Å². The molecule has 0 fully saturated rings. The highest BCUT2D eigenvalue weighted by atomic mass is 31.2. The van der Waals surface area contributed by atoms with Crippen molar-refractivity contribution in [2.45, 2.75) is 187 Å². The minimum Gasteiger partial charge on any atom is -0.457 e. The third-order valence-corrected chi connectivity index (χ3v) is 11.7. The van der Waals surface area contributed by atoms with Crippen molar-refractivity contribution in [3.8, 4) is 0 Å². The Balaban J connectivity index is 4.26. The Morgan fingerprint density at radius 2 is 0.797 bits per heavy atom. The van der Waals surface area contributed by atoms with Crippen molar-refractivity contribution in [1.29, 1.82) is 0 Å². The summed E-state index contributed by atoms with van der Waals surface area (Å²) in [5.74, 6) is -0.353. The third-order valence-electron chi connectivity index (χ3n) is 10.7. The lowest BCUT2D eigenvalue weighted by Gasteiger charge is -2.24. The van der Waals surface area contributed by atoms with Gasteiger partial charge in [-0.2, -0.15) is 0 Å². The summed E-state index contributed by atoms with van der Waals surface area (Å²) in [6, 6.07) is 0. The third kappa shape index (κ3) is 55.4. The van der Waals surface area contributed by atoms with Gasteiger partial charge in [-0.15, -0.1) is 0 Å². The Morgan fingerprint density at radius 3 is 1.19 bits per heavy atom.